The van der Waals surface area contributed by atoms with Gasteiger partial charge >= 0.3 is 12.3 Å². The fourth-order valence-corrected chi connectivity index (χ4v) is 5.03. The van der Waals surface area contributed by atoms with E-state index in [2.05, 4.69) is 4.74 Å². The Morgan fingerprint density at radius 3 is 2.57 bits per heavy atom. The number of nitrogens with two attached hydrogens (primary N) is 1. The number of alkyl halides is 3. The van der Waals surface area contributed by atoms with E-state index in [-0.39, 0.29) is 17.3 Å². The lowest BCUT2D eigenvalue weighted by Crippen LogP contribution is -2.64. The highest BCUT2D eigenvalue weighted by molar-refractivity contribution is 5.80. The SMILES string of the molecule is CCCCOC(=O)C12CCC(N)(CC1)C1(c3ccccc3OC(F)(F)F)OC21. The second kappa shape index (κ2) is 6.35. The Morgan fingerprint density at radius 2 is 1.93 bits per heavy atom. The number of benzene rings is 1. The zero-order chi connectivity index (χ0) is 20.2. The summed E-state index contributed by atoms with van der Waals surface area (Å²) in [7, 11) is 0. The number of esters is 1. The first-order valence-electron chi connectivity index (χ1n) is 9.68. The quantitative estimate of drug-likeness (QED) is 0.448. The predicted molar refractivity (Wildman–Crippen MR) is 93.4 cm³/mol. The lowest BCUT2D eigenvalue weighted by atomic mass is 9.51. The molecule has 1 aromatic carbocycles. The average molecular weight is 399 g/mol. The van der Waals surface area contributed by atoms with Gasteiger partial charge in [-0.1, -0.05) is 31.5 Å². The summed E-state index contributed by atoms with van der Waals surface area (Å²) >= 11 is 0. The molecular formula is C20H24F3NO4. The van der Waals surface area contributed by atoms with Gasteiger partial charge in [0.2, 0.25) is 0 Å². The topological polar surface area (TPSA) is 74.1 Å². The molecule has 0 aromatic heterocycles. The van der Waals surface area contributed by atoms with Gasteiger partial charge < -0.3 is 19.9 Å². The first-order valence-corrected chi connectivity index (χ1v) is 9.68. The van der Waals surface area contributed by atoms with Gasteiger partial charge in [0.05, 0.1) is 17.6 Å². The van der Waals surface area contributed by atoms with Crippen molar-refractivity contribution in [2.45, 2.75) is 69.1 Å². The lowest BCUT2D eigenvalue weighted by Gasteiger charge is -2.51. The van der Waals surface area contributed by atoms with Crippen LogP contribution in [0.2, 0.25) is 0 Å². The molecular weight excluding hydrogens is 375 g/mol. The van der Waals surface area contributed by atoms with Crippen LogP contribution in [0, 0.1) is 5.41 Å². The summed E-state index contributed by atoms with van der Waals surface area (Å²) in [6, 6.07) is 5.91. The highest BCUT2D eigenvalue weighted by Gasteiger charge is 2.82. The number of carbonyl (C=O) groups excluding carboxylic acids is 1. The van der Waals surface area contributed by atoms with Crippen LogP contribution in [0.1, 0.15) is 51.0 Å². The molecule has 3 saturated carbocycles. The van der Waals surface area contributed by atoms with Crippen molar-refractivity contribution in [1.82, 2.24) is 0 Å². The number of para-hydroxylation sites is 1. The molecule has 5 nitrogen and oxygen atoms in total. The standard InChI is InChI=1S/C20H24F3NO4/c1-2-3-12-26-16(25)17-8-10-18(24,11-9-17)19(15(17)28-19)13-6-4-5-7-14(13)27-20(21,22)23/h4-7,15H,2-3,8-12,24H2,1H3. The number of unbranched alkanes of at least 4 members (excludes halogenated alkanes) is 1. The third kappa shape index (κ3) is 2.72. The van der Waals surface area contributed by atoms with Crippen LogP contribution in [0.4, 0.5) is 13.2 Å². The van der Waals surface area contributed by atoms with Crippen molar-refractivity contribution in [1.29, 1.82) is 0 Å². The van der Waals surface area contributed by atoms with E-state index in [1.165, 1.54) is 12.1 Å². The third-order valence-corrected chi connectivity index (χ3v) is 6.54. The molecule has 2 N–H and O–H groups in total. The van der Waals surface area contributed by atoms with Gasteiger partial charge in [-0.3, -0.25) is 4.79 Å². The summed E-state index contributed by atoms with van der Waals surface area (Å²) in [6.45, 7) is 2.33. The number of carbonyl (C=O) groups is 1. The molecule has 28 heavy (non-hydrogen) atoms. The van der Waals surface area contributed by atoms with Crippen molar-refractivity contribution in [2.24, 2.45) is 11.1 Å². The molecule has 0 spiro atoms. The Labute approximate surface area is 161 Å². The summed E-state index contributed by atoms with van der Waals surface area (Å²) in [6.07, 6.45) is -1.77. The molecule has 2 atom stereocenters. The van der Waals surface area contributed by atoms with Gasteiger partial charge in [-0.25, -0.2) is 0 Å². The van der Waals surface area contributed by atoms with E-state index in [0.717, 1.165) is 12.8 Å². The number of hydrogen-bond acceptors (Lipinski definition) is 5. The number of hydrogen-bond donors (Lipinski definition) is 1. The number of ether oxygens (including phenoxy) is 3. The molecule has 3 aliphatic carbocycles. The normalized spacial score (nSPS) is 36.0. The maximum Gasteiger partial charge on any atom is 0.573 e. The monoisotopic (exact) mass is 399 g/mol. The van der Waals surface area contributed by atoms with Crippen LogP contribution in [-0.2, 0) is 19.9 Å². The third-order valence-electron chi connectivity index (χ3n) is 6.54. The second-order valence-corrected chi connectivity index (χ2v) is 8.08. The molecule has 154 valence electrons. The van der Waals surface area contributed by atoms with Crippen molar-refractivity contribution < 1.29 is 32.2 Å². The summed E-state index contributed by atoms with van der Waals surface area (Å²) in [4.78, 5) is 12.9. The highest BCUT2D eigenvalue weighted by atomic mass is 19.4. The molecule has 5 rings (SSSR count). The smallest absolute Gasteiger partial charge is 0.465 e. The molecule has 1 aromatic rings. The minimum atomic E-state index is -4.83. The van der Waals surface area contributed by atoms with Crippen molar-refractivity contribution >= 4 is 5.97 Å². The van der Waals surface area contributed by atoms with Crippen LogP contribution in [0.5, 0.6) is 5.75 Å². The van der Waals surface area contributed by atoms with E-state index in [9.17, 15) is 18.0 Å². The summed E-state index contributed by atoms with van der Waals surface area (Å²) in [5.41, 5.74) is 4.04. The van der Waals surface area contributed by atoms with Gasteiger partial charge in [0.1, 0.15) is 17.5 Å². The summed E-state index contributed by atoms with van der Waals surface area (Å²) < 4.78 is 54.6. The van der Waals surface area contributed by atoms with E-state index in [1.54, 1.807) is 12.1 Å². The van der Waals surface area contributed by atoms with Gasteiger partial charge in [0.25, 0.3) is 0 Å². The van der Waals surface area contributed by atoms with Crippen molar-refractivity contribution in [3.63, 3.8) is 0 Å². The predicted octanol–water partition coefficient (Wildman–Crippen LogP) is 3.79. The van der Waals surface area contributed by atoms with Crippen LogP contribution >= 0.6 is 0 Å². The van der Waals surface area contributed by atoms with E-state index in [0.29, 0.717) is 32.3 Å². The molecule has 1 aliphatic heterocycles. The minimum absolute atomic E-state index is 0.255. The molecule has 2 unspecified atom stereocenters. The van der Waals surface area contributed by atoms with E-state index < -0.39 is 29.0 Å². The molecule has 0 amide bonds. The van der Waals surface area contributed by atoms with E-state index >= 15 is 0 Å². The van der Waals surface area contributed by atoms with E-state index in [4.69, 9.17) is 15.2 Å². The van der Waals surface area contributed by atoms with Crippen LogP contribution < -0.4 is 10.5 Å². The summed E-state index contributed by atoms with van der Waals surface area (Å²) in [5, 5.41) is 0. The van der Waals surface area contributed by atoms with Gasteiger partial charge in [0.15, 0.2) is 0 Å². The van der Waals surface area contributed by atoms with Crippen LogP contribution in [0.25, 0.3) is 0 Å². The molecule has 8 heteroatoms. The largest absolute Gasteiger partial charge is 0.573 e. The maximum absolute atomic E-state index is 12.9. The fourth-order valence-electron chi connectivity index (χ4n) is 5.03. The lowest BCUT2D eigenvalue weighted by molar-refractivity contribution is -0.275. The minimum Gasteiger partial charge on any atom is -0.465 e. The Kier molecular flexibility index (Phi) is 4.43. The summed E-state index contributed by atoms with van der Waals surface area (Å²) in [5.74, 6) is -0.659. The van der Waals surface area contributed by atoms with Gasteiger partial charge in [-0.15, -0.1) is 13.2 Å². The second-order valence-electron chi connectivity index (χ2n) is 8.08. The van der Waals surface area contributed by atoms with Crippen LogP contribution in [0.15, 0.2) is 24.3 Å². The van der Waals surface area contributed by atoms with Crippen LogP contribution in [-0.4, -0.2) is 30.6 Å². The number of epoxide rings is 1. The number of rotatable bonds is 6. The zero-order valence-electron chi connectivity index (χ0n) is 15.7. The fraction of sp³-hybridized carbons (Fsp3) is 0.650. The van der Waals surface area contributed by atoms with Gasteiger partial charge in [0, 0.05) is 5.56 Å². The maximum atomic E-state index is 12.9. The molecule has 4 fully saturated rings. The van der Waals surface area contributed by atoms with Crippen molar-refractivity contribution in [3.8, 4) is 5.75 Å². The molecule has 1 heterocycles. The highest BCUT2D eigenvalue weighted by Crippen LogP contribution is 2.72. The molecule has 1 saturated heterocycles. The van der Waals surface area contributed by atoms with Crippen molar-refractivity contribution in [2.75, 3.05) is 6.61 Å². The molecule has 2 bridgehead atoms. The Hall–Kier alpha value is -1.80. The van der Waals surface area contributed by atoms with E-state index in [1.807, 2.05) is 6.92 Å². The zero-order valence-corrected chi connectivity index (χ0v) is 15.7. The Bertz CT molecular complexity index is 773. The Balaban J connectivity index is 1.69. The first kappa shape index (κ1) is 19.5. The number of fused-ring (bicyclic) bond motifs is 2. The number of halogens is 3. The van der Waals surface area contributed by atoms with Crippen LogP contribution in [0.3, 0.4) is 0 Å². The van der Waals surface area contributed by atoms with Gasteiger partial charge in [-0.05, 0) is 38.2 Å². The van der Waals surface area contributed by atoms with Gasteiger partial charge in [-0.2, -0.15) is 0 Å². The Morgan fingerprint density at radius 1 is 1.25 bits per heavy atom. The molecule has 4 aliphatic rings. The first-order chi connectivity index (χ1) is 13.2. The van der Waals surface area contributed by atoms with Crippen molar-refractivity contribution in [3.05, 3.63) is 29.8 Å². The average Bonchev–Trinajstić information content (AvgIpc) is 3.41. The molecule has 0 radical (unpaired) electrons.